The molecule has 0 aliphatic carbocycles. The molecule has 0 radical (unpaired) electrons. The van der Waals surface area contributed by atoms with Gasteiger partial charge in [0.05, 0.1) is 16.0 Å². The fraction of sp³-hybridized carbons (Fsp3) is 0.182. The third-order valence-electron chi connectivity index (χ3n) is 2.23. The number of sulfone groups is 1. The maximum atomic E-state index is 11.9. The van der Waals surface area contributed by atoms with Gasteiger partial charge >= 0.3 is 0 Å². The third kappa shape index (κ3) is 2.91. The monoisotopic (exact) mass is 289 g/mol. The summed E-state index contributed by atoms with van der Waals surface area (Å²) in [6.45, 7) is 0. The molecule has 0 atom stereocenters. The molecule has 0 N–H and O–H groups in total. The van der Waals surface area contributed by atoms with Crippen molar-refractivity contribution in [3.63, 3.8) is 0 Å². The molecule has 1 aromatic carbocycles. The van der Waals surface area contributed by atoms with Crippen LogP contribution in [0.2, 0.25) is 0 Å². The summed E-state index contributed by atoms with van der Waals surface area (Å²) in [7, 11) is -3.59. The maximum Gasteiger partial charge on any atom is 0.266 e. The number of aromatic nitrogens is 1. The molecule has 1 heterocycles. The van der Waals surface area contributed by atoms with Crippen molar-refractivity contribution in [3.05, 3.63) is 36.4 Å². The van der Waals surface area contributed by atoms with Crippen molar-refractivity contribution >= 4 is 31.4 Å². The van der Waals surface area contributed by atoms with E-state index in [0.29, 0.717) is 11.6 Å². The number of halogens is 2. The van der Waals surface area contributed by atoms with Crippen LogP contribution < -0.4 is 0 Å². The molecule has 0 amide bonds. The molecule has 96 valence electrons. The van der Waals surface area contributed by atoms with Crippen LogP contribution in [0, 0.1) is 0 Å². The van der Waals surface area contributed by atoms with E-state index in [2.05, 4.69) is 4.98 Å². The normalized spacial score (nSPS) is 11.7. The van der Waals surface area contributed by atoms with Gasteiger partial charge in [0, 0.05) is 0 Å². The van der Waals surface area contributed by atoms with Crippen LogP contribution in [0.5, 0.6) is 0 Å². The predicted octanol–water partition coefficient (Wildman–Crippen LogP) is 3.24. The molecule has 0 fully saturated rings. The third-order valence-corrected chi connectivity index (χ3v) is 5.46. The summed E-state index contributed by atoms with van der Waals surface area (Å²) < 4.78 is 48.1. The molecule has 2 aromatic rings. The summed E-state index contributed by atoms with van der Waals surface area (Å²) in [5.41, 5.74) is 0.605. The van der Waals surface area contributed by atoms with Crippen molar-refractivity contribution in [2.45, 2.75) is 10.8 Å². The first-order chi connectivity index (χ1) is 8.49. The van der Waals surface area contributed by atoms with Gasteiger partial charge in [0.15, 0.2) is 0 Å². The molecule has 1 aromatic heterocycles. The number of nitrogens with zero attached hydrogens (tertiary/aromatic N) is 1. The highest BCUT2D eigenvalue weighted by Gasteiger charge is 2.18. The van der Waals surface area contributed by atoms with Gasteiger partial charge in [0.25, 0.3) is 6.08 Å². The Balaban J connectivity index is 2.26. The number of rotatable bonds is 4. The van der Waals surface area contributed by atoms with Crippen LogP contribution in [0.1, 0.15) is 6.42 Å². The van der Waals surface area contributed by atoms with E-state index in [9.17, 15) is 17.2 Å². The number of benzene rings is 1. The Bertz CT molecular complexity index is 655. The summed E-state index contributed by atoms with van der Waals surface area (Å²) in [6, 6.07) is 7.04. The molecular weight excluding hydrogens is 280 g/mol. The van der Waals surface area contributed by atoms with Gasteiger partial charge in [-0.2, -0.15) is 8.78 Å². The largest absolute Gasteiger partial charge is 0.266 e. The fourth-order valence-electron chi connectivity index (χ4n) is 1.39. The number of allylic oxidation sites excluding steroid dienone is 1. The van der Waals surface area contributed by atoms with Gasteiger partial charge in [-0.3, -0.25) is 0 Å². The van der Waals surface area contributed by atoms with Gasteiger partial charge in [-0.05, 0) is 24.6 Å². The minimum atomic E-state index is -3.59. The first-order valence-corrected chi connectivity index (χ1v) is 7.55. The van der Waals surface area contributed by atoms with Crippen LogP contribution in [0.15, 0.2) is 40.8 Å². The first-order valence-electron chi connectivity index (χ1n) is 5.08. The molecule has 7 heteroatoms. The highest BCUT2D eigenvalue weighted by Crippen LogP contribution is 2.26. The van der Waals surface area contributed by atoms with Crippen LogP contribution in [0.25, 0.3) is 10.2 Å². The van der Waals surface area contributed by atoms with Gasteiger partial charge in [-0.25, -0.2) is 13.4 Å². The Hall–Kier alpha value is -1.34. The minimum Gasteiger partial charge on any atom is -0.225 e. The van der Waals surface area contributed by atoms with Crippen molar-refractivity contribution < 1.29 is 17.2 Å². The first kappa shape index (κ1) is 13.1. The molecule has 0 bridgehead atoms. The number of hydrogen-bond donors (Lipinski definition) is 0. The molecule has 3 nitrogen and oxygen atoms in total. The summed E-state index contributed by atoms with van der Waals surface area (Å²) in [4.78, 5) is 4.00. The van der Waals surface area contributed by atoms with Crippen LogP contribution in [-0.4, -0.2) is 19.2 Å². The van der Waals surface area contributed by atoms with Crippen LogP contribution in [0.4, 0.5) is 8.78 Å². The highest BCUT2D eigenvalue weighted by molar-refractivity contribution is 7.93. The van der Waals surface area contributed by atoms with E-state index < -0.39 is 15.9 Å². The predicted molar refractivity (Wildman–Crippen MR) is 66.6 cm³/mol. The van der Waals surface area contributed by atoms with Gasteiger partial charge < -0.3 is 0 Å². The van der Waals surface area contributed by atoms with E-state index >= 15 is 0 Å². The van der Waals surface area contributed by atoms with E-state index in [0.717, 1.165) is 16.0 Å². The fourth-order valence-corrected chi connectivity index (χ4v) is 3.96. The maximum absolute atomic E-state index is 11.9. The molecule has 18 heavy (non-hydrogen) atoms. The van der Waals surface area contributed by atoms with Gasteiger partial charge in [0.1, 0.15) is 0 Å². The van der Waals surface area contributed by atoms with Crippen molar-refractivity contribution in [3.8, 4) is 0 Å². The average molecular weight is 289 g/mol. The summed E-state index contributed by atoms with van der Waals surface area (Å²) >= 11 is 1.06. The molecule has 0 saturated carbocycles. The quantitative estimate of drug-likeness (QED) is 0.868. The van der Waals surface area contributed by atoms with E-state index in [-0.39, 0.29) is 16.5 Å². The lowest BCUT2D eigenvalue weighted by molar-refractivity contribution is 0.418. The molecule has 2 rings (SSSR count). The zero-order valence-corrected chi connectivity index (χ0v) is 10.8. The SMILES string of the molecule is O=S(=O)(CCC=C(F)F)c1nc2ccccc2s1. The molecular formula is C11H9F2NO2S2. The van der Waals surface area contributed by atoms with Crippen molar-refractivity contribution in [1.82, 2.24) is 4.98 Å². The van der Waals surface area contributed by atoms with Crippen molar-refractivity contribution in [2.75, 3.05) is 5.75 Å². The standard InChI is InChI=1S/C11H9F2NO2S2/c12-10(13)6-3-7-18(15,16)11-14-8-4-1-2-5-9(8)17-11/h1-2,4-6H,3,7H2. The number of fused-ring (bicyclic) bond motifs is 1. The molecule has 0 aliphatic heterocycles. The summed E-state index contributed by atoms with van der Waals surface area (Å²) in [5, 5.41) is 0. The second kappa shape index (κ2) is 5.11. The lowest BCUT2D eigenvalue weighted by Gasteiger charge is -1.96. The zero-order chi connectivity index (χ0) is 13.2. The number of para-hydroxylation sites is 1. The van der Waals surface area contributed by atoms with Gasteiger partial charge in [-0.1, -0.05) is 12.1 Å². The Morgan fingerprint density at radius 1 is 1.33 bits per heavy atom. The van der Waals surface area contributed by atoms with Crippen molar-refractivity contribution in [2.24, 2.45) is 0 Å². The van der Waals surface area contributed by atoms with Gasteiger partial charge in [-0.15, -0.1) is 11.3 Å². The van der Waals surface area contributed by atoms with E-state index in [4.69, 9.17) is 0 Å². The Morgan fingerprint density at radius 3 is 2.72 bits per heavy atom. The van der Waals surface area contributed by atoms with Gasteiger partial charge in [0.2, 0.25) is 14.2 Å². The molecule has 0 aliphatic rings. The van der Waals surface area contributed by atoms with Crippen LogP contribution in [0.3, 0.4) is 0 Å². The topological polar surface area (TPSA) is 47.0 Å². The second-order valence-corrected chi connectivity index (χ2v) is 6.86. The van der Waals surface area contributed by atoms with Crippen molar-refractivity contribution in [1.29, 1.82) is 0 Å². The minimum absolute atomic E-state index is 0.0173. The van der Waals surface area contributed by atoms with E-state index in [1.165, 1.54) is 0 Å². The second-order valence-electron chi connectivity index (χ2n) is 3.55. The van der Waals surface area contributed by atoms with Crippen LogP contribution in [-0.2, 0) is 9.84 Å². The summed E-state index contributed by atoms with van der Waals surface area (Å²) in [6.07, 6.45) is -1.47. The van der Waals surface area contributed by atoms with E-state index in [1.807, 2.05) is 0 Å². The Kier molecular flexibility index (Phi) is 3.72. The lowest BCUT2D eigenvalue weighted by Crippen LogP contribution is -2.05. The smallest absolute Gasteiger partial charge is 0.225 e. The van der Waals surface area contributed by atoms with E-state index in [1.54, 1.807) is 24.3 Å². The Morgan fingerprint density at radius 2 is 2.06 bits per heavy atom. The molecule has 0 unspecified atom stereocenters. The lowest BCUT2D eigenvalue weighted by atomic mass is 10.3. The average Bonchev–Trinajstić information content (AvgIpc) is 2.72. The molecule has 0 spiro atoms. The Labute approximate surface area is 107 Å². The zero-order valence-electron chi connectivity index (χ0n) is 9.14. The summed E-state index contributed by atoms with van der Waals surface area (Å²) in [5.74, 6) is -0.357. The number of hydrogen-bond acceptors (Lipinski definition) is 4. The molecule has 0 saturated heterocycles. The highest BCUT2D eigenvalue weighted by atomic mass is 32.2. The van der Waals surface area contributed by atoms with Crippen LogP contribution >= 0.6 is 11.3 Å². The number of thiazole rings is 1.